The van der Waals surface area contributed by atoms with Crippen LogP contribution in [0.1, 0.15) is 11.1 Å². The standard InChI is InChI=1S/C10H9ClF2O2/c1-15-10(14)4-8-6(5-11)2-7(12)3-9(8)13/h2-3H,4-5H2,1H3. The largest absolute Gasteiger partial charge is 0.469 e. The van der Waals surface area contributed by atoms with Gasteiger partial charge in [-0.1, -0.05) is 0 Å². The topological polar surface area (TPSA) is 26.3 Å². The van der Waals surface area contributed by atoms with Crippen molar-refractivity contribution >= 4 is 17.6 Å². The van der Waals surface area contributed by atoms with E-state index in [0.717, 1.165) is 6.07 Å². The van der Waals surface area contributed by atoms with E-state index in [1.54, 1.807) is 0 Å². The van der Waals surface area contributed by atoms with Crippen molar-refractivity contribution in [3.8, 4) is 0 Å². The molecule has 0 N–H and O–H groups in total. The van der Waals surface area contributed by atoms with Gasteiger partial charge in [0.05, 0.1) is 13.5 Å². The van der Waals surface area contributed by atoms with E-state index in [9.17, 15) is 13.6 Å². The van der Waals surface area contributed by atoms with Gasteiger partial charge in [0.2, 0.25) is 0 Å². The second-order valence-electron chi connectivity index (χ2n) is 2.91. The van der Waals surface area contributed by atoms with Gasteiger partial charge in [-0.3, -0.25) is 4.79 Å². The van der Waals surface area contributed by atoms with Crippen molar-refractivity contribution in [2.45, 2.75) is 12.3 Å². The molecule has 0 aliphatic heterocycles. The molecule has 1 rings (SSSR count). The average molecular weight is 235 g/mol. The van der Waals surface area contributed by atoms with Crippen LogP contribution >= 0.6 is 11.6 Å². The lowest BCUT2D eigenvalue weighted by Gasteiger charge is -2.07. The Hall–Kier alpha value is -1.16. The minimum absolute atomic E-state index is 0.0546. The number of carbonyl (C=O) groups is 1. The van der Waals surface area contributed by atoms with E-state index in [0.29, 0.717) is 6.07 Å². The Morgan fingerprint density at radius 1 is 1.47 bits per heavy atom. The van der Waals surface area contributed by atoms with Crippen molar-refractivity contribution in [3.63, 3.8) is 0 Å². The van der Waals surface area contributed by atoms with Gasteiger partial charge in [0.1, 0.15) is 11.6 Å². The molecule has 0 aliphatic carbocycles. The molecule has 1 aromatic carbocycles. The molecule has 0 atom stereocenters. The molecule has 0 unspecified atom stereocenters. The molecule has 0 fully saturated rings. The summed E-state index contributed by atoms with van der Waals surface area (Å²) in [5.41, 5.74) is 0.345. The smallest absolute Gasteiger partial charge is 0.310 e. The van der Waals surface area contributed by atoms with Crippen molar-refractivity contribution in [2.24, 2.45) is 0 Å². The number of benzene rings is 1. The molecule has 0 spiro atoms. The molecule has 0 saturated heterocycles. The lowest BCUT2D eigenvalue weighted by atomic mass is 10.0. The summed E-state index contributed by atoms with van der Waals surface area (Å²) in [5, 5.41) is 0. The second-order valence-corrected chi connectivity index (χ2v) is 3.18. The minimum Gasteiger partial charge on any atom is -0.469 e. The Morgan fingerprint density at radius 3 is 2.67 bits per heavy atom. The van der Waals surface area contributed by atoms with Gasteiger partial charge in [-0.25, -0.2) is 8.78 Å². The fraction of sp³-hybridized carbons (Fsp3) is 0.300. The highest BCUT2D eigenvalue weighted by Gasteiger charge is 2.14. The molecule has 1 aromatic rings. The zero-order valence-electron chi connectivity index (χ0n) is 8.02. The van der Waals surface area contributed by atoms with E-state index in [2.05, 4.69) is 4.74 Å². The van der Waals surface area contributed by atoms with Crippen LogP contribution in [0.5, 0.6) is 0 Å². The highest BCUT2D eigenvalue weighted by Crippen LogP contribution is 2.19. The van der Waals surface area contributed by atoms with E-state index in [1.807, 2.05) is 0 Å². The summed E-state index contributed by atoms with van der Waals surface area (Å²) >= 11 is 5.52. The quantitative estimate of drug-likeness (QED) is 0.593. The average Bonchev–Trinajstić information content (AvgIpc) is 2.21. The zero-order valence-corrected chi connectivity index (χ0v) is 8.78. The molecule has 0 bridgehead atoms. The van der Waals surface area contributed by atoms with Gasteiger partial charge in [0, 0.05) is 17.5 Å². The molecule has 0 heterocycles. The Balaban J connectivity index is 3.09. The van der Waals surface area contributed by atoms with Gasteiger partial charge >= 0.3 is 5.97 Å². The number of ether oxygens (including phenoxy) is 1. The molecular formula is C10H9ClF2O2. The third-order valence-corrected chi connectivity index (χ3v) is 2.23. The van der Waals surface area contributed by atoms with Crippen LogP contribution in [0, 0.1) is 11.6 Å². The predicted molar refractivity (Wildman–Crippen MR) is 51.6 cm³/mol. The Bertz CT molecular complexity index is 380. The van der Waals surface area contributed by atoms with E-state index in [1.165, 1.54) is 7.11 Å². The molecule has 5 heteroatoms. The second kappa shape index (κ2) is 5.07. The Morgan fingerprint density at radius 2 is 2.13 bits per heavy atom. The number of methoxy groups -OCH3 is 1. The monoisotopic (exact) mass is 234 g/mol. The van der Waals surface area contributed by atoms with Crippen LogP contribution in [0.15, 0.2) is 12.1 Å². The highest BCUT2D eigenvalue weighted by atomic mass is 35.5. The molecule has 15 heavy (non-hydrogen) atoms. The van der Waals surface area contributed by atoms with Crippen molar-refractivity contribution in [2.75, 3.05) is 7.11 Å². The van der Waals surface area contributed by atoms with Gasteiger partial charge < -0.3 is 4.74 Å². The van der Waals surface area contributed by atoms with Gasteiger partial charge in [0.15, 0.2) is 0 Å². The van der Waals surface area contributed by atoms with Crippen molar-refractivity contribution < 1.29 is 18.3 Å². The first kappa shape index (κ1) is 11.9. The first-order valence-electron chi connectivity index (χ1n) is 4.18. The van der Waals surface area contributed by atoms with Gasteiger partial charge in [-0.05, 0) is 11.6 Å². The lowest BCUT2D eigenvalue weighted by molar-refractivity contribution is -0.139. The Kier molecular flexibility index (Phi) is 4.03. The van der Waals surface area contributed by atoms with Crippen LogP contribution in [-0.4, -0.2) is 13.1 Å². The van der Waals surface area contributed by atoms with Gasteiger partial charge in [-0.2, -0.15) is 0 Å². The number of halogens is 3. The van der Waals surface area contributed by atoms with Crippen molar-refractivity contribution in [1.82, 2.24) is 0 Å². The number of hydrogen-bond donors (Lipinski definition) is 0. The van der Waals surface area contributed by atoms with Crippen LogP contribution in [0.2, 0.25) is 0 Å². The third-order valence-electron chi connectivity index (χ3n) is 1.95. The number of hydrogen-bond acceptors (Lipinski definition) is 2. The summed E-state index contributed by atoms with van der Waals surface area (Å²) in [6, 6.07) is 1.82. The van der Waals surface area contributed by atoms with Gasteiger partial charge in [0.25, 0.3) is 0 Å². The summed E-state index contributed by atoms with van der Waals surface area (Å²) < 4.78 is 30.5. The minimum atomic E-state index is -0.781. The van der Waals surface area contributed by atoms with E-state index >= 15 is 0 Å². The van der Waals surface area contributed by atoms with E-state index in [-0.39, 0.29) is 23.4 Å². The number of alkyl halides is 1. The summed E-state index contributed by atoms with van der Waals surface area (Å²) in [6.07, 6.45) is -0.245. The highest BCUT2D eigenvalue weighted by molar-refractivity contribution is 6.17. The third kappa shape index (κ3) is 2.89. The van der Waals surface area contributed by atoms with Crippen LogP contribution in [-0.2, 0) is 21.8 Å². The van der Waals surface area contributed by atoms with Crippen LogP contribution in [0.25, 0.3) is 0 Å². The molecule has 0 aliphatic rings. The molecule has 0 radical (unpaired) electrons. The molecule has 0 saturated carbocycles. The zero-order chi connectivity index (χ0) is 11.4. The SMILES string of the molecule is COC(=O)Cc1c(F)cc(F)cc1CCl. The number of esters is 1. The number of rotatable bonds is 3. The molecule has 0 amide bonds. The molecule has 82 valence electrons. The Labute approximate surface area is 90.8 Å². The van der Waals surface area contributed by atoms with Gasteiger partial charge in [-0.15, -0.1) is 11.6 Å². The molecule has 0 aromatic heterocycles. The first-order valence-corrected chi connectivity index (χ1v) is 4.71. The van der Waals surface area contributed by atoms with Crippen molar-refractivity contribution in [1.29, 1.82) is 0 Å². The van der Waals surface area contributed by atoms with Crippen LogP contribution in [0.4, 0.5) is 8.78 Å². The van der Waals surface area contributed by atoms with E-state index < -0.39 is 17.6 Å². The predicted octanol–water partition coefficient (Wildman–Crippen LogP) is 2.42. The molecular weight excluding hydrogens is 226 g/mol. The maximum Gasteiger partial charge on any atom is 0.310 e. The normalized spacial score (nSPS) is 10.1. The maximum atomic E-state index is 13.3. The summed E-state index contributed by atoms with van der Waals surface area (Å²) in [7, 11) is 1.20. The number of carbonyl (C=O) groups excluding carboxylic acids is 1. The fourth-order valence-electron chi connectivity index (χ4n) is 1.19. The fourth-order valence-corrected chi connectivity index (χ4v) is 1.43. The van der Waals surface area contributed by atoms with Crippen LogP contribution in [0.3, 0.4) is 0 Å². The summed E-state index contributed by atoms with van der Waals surface area (Å²) in [5.74, 6) is -2.14. The lowest BCUT2D eigenvalue weighted by Crippen LogP contribution is -2.09. The maximum absolute atomic E-state index is 13.3. The van der Waals surface area contributed by atoms with E-state index in [4.69, 9.17) is 11.6 Å². The first-order chi connectivity index (χ1) is 7.08. The van der Waals surface area contributed by atoms with Crippen LogP contribution < -0.4 is 0 Å². The summed E-state index contributed by atoms with van der Waals surface area (Å²) in [6.45, 7) is 0. The summed E-state index contributed by atoms with van der Waals surface area (Å²) in [4.78, 5) is 11.0. The van der Waals surface area contributed by atoms with Crippen molar-refractivity contribution in [3.05, 3.63) is 34.9 Å². The molecule has 2 nitrogen and oxygen atoms in total.